The van der Waals surface area contributed by atoms with Crippen molar-refractivity contribution in [1.82, 2.24) is 5.32 Å². The first kappa shape index (κ1) is 13.1. The molecule has 2 unspecified atom stereocenters. The molecule has 2 atom stereocenters. The topological polar surface area (TPSA) is 21.3 Å². The lowest BCUT2D eigenvalue weighted by molar-refractivity contribution is 0.0890. The van der Waals surface area contributed by atoms with Gasteiger partial charge in [0, 0.05) is 13.2 Å². The Morgan fingerprint density at radius 2 is 2.00 bits per heavy atom. The number of rotatable bonds is 6. The van der Waals surface area contributed by atoms with Crippen molar-refractivity contribution in [3.8, 4) is 0 Å². The van der Waals surface area contributed by atoms with Crippen molar-refractivity contribution in [3.05, 3.63) is 35.6 Å². The van der Waals surface area contributed by atoms with Crippen molar-refractivity contribution in [2.24, 2.45) is 0 Å². The molecular weight excluding hydrogens is 205 g/mol. The molecule has 0 amide bonds. The Kier molecular flexibility index (Phi) is 5.43. The molecule has 0 aliphatic rings. The zero-order valence-corrected chi connectivity index (χ0v) is 10.2. The summed E-state index contributed by atoms with van der Waals surface area (Å²) in [4.78, 5) is 0. The third-order valence-corrected chi connectivity index (χ3v) is 2.89. The van der Waals surface area contributed by atoms with Crippen molar-refractivity contribution >= 4 is 0 Å². The summed E-state index contributed by atoms with van der Waals surface area (Å²) >= 11 is 0. The van der Waals surface area contributed by atoms with Crippen LogP contribution in [0.25, 0.3) is 0 Å². The van der Waals surface area contributed by atoms with Crippen LogP contribution in [0.15, 0.2) is 24.3 Å². The minimum atomic E-state index is -0.128. The summed E-state index contributed by atoms with van der Waals surface area (Å²) < 4.78 is 18.5. The quantitative estimate of drug-likeness (QED) is 0.802. The number of methoxy groups -OCH3 is 1. The molecule has 1 aromatic rings. The minimum absolute atomic E-state index is 0.128. The smallest absolute Gasteiger partial charge is 0.126 e. The van der Waals surface area contributed by atoms with Crippen molar-refractivity contribution in [1.29, 1.82) is 0 Å². The van der Waals surface area contributed by atoms with Crippen LogP contribution in [0.4, 0.5) is 4.39 Å². The molecule has 0 heterocycles. The molecule has 0 fully saturated rings. The van der Waals surface area contributed by atoms with Crippen molar-refractivity contribution in [2.75, 3.05) is 13.7 Å². The monoisotopic (exact) mass is 225 g/mol. The highest BCUT2D eigenvalue weighted by molar-refractivity contribution is 5.17. The maximum absolute atomic E-state index is 13.3. The molecule has 2 nitrogen and oxygen atoms in total. The van der Waals surface area contributed by atoms with Crippen LogP contribution in [0, 0.1) is 5.82 Å². The van der Waals surface area contributed by atoms with Gasteiger partial charge in [-0.05, 0) is 38.4 Å². The highest BCUT2D eigenvalue weighted by Crippen LogP contribution is 2.06. The molecule has 0 radical (unpaired) electrons. The number of ether oxygens (including phenoxy) is 1. The zero-order valence-electron chi connectivity index (χ0n) is 10.2. The molecule has 90 valence electrons. The van der Waals surface area contributed by atoms with E-state index in [1.54, 1.807) is 13.2 Å². The largest absolute Gasteiger partial charge is 0.380 e. The third-order valence-electron chi connectivity index (χ3n) is 2.89. The van der Waals surface area contributed by atoms with Gasteiger partial charge in [-0.15, -0.1) is 0 Å². The van der Waals surface area contributed by atoms with Gasteiger partial charge in [-0.1, -0.05) is 18.2 Å². The van der Waals surface area contributed by atoms with E-state index in [9.17, 15) is 4.39 Å². The molecule has 0 aliphatic carbocycles. The van der Waals surface area contributed by atoms with Gasteiger partial charge in [-0.25, -0.2) is 4.39 Å². The number of nitrogens with one attached hydrogen (secondary N) is 1. The number of hydrogen-bond acceptors (Lipinski definition) is 2. The van der Waals surface area contributed by atoms with E-state index in [-0.39, 0.29) is 18.0 Å². The van der Waals surface area contributed by atoms with Crippen LogP contribution < -0.4 is 5.32 Å². The molecule has 0 saturated carbocycles. The summed E-state index contributed by atoms with van der Waals surface area (Å²) in [6, 6.07) is 7.16. The second-order valence-corrected chi connectivity index (χ2v) is 4.03. The van der Waals surface area contributed by atoms with E-state index in [4.69, 9.17) is 4.74 Å². The Bertz CT molecular complexity index is 317. The summed E-state index contributed by atoms with van der Waals surface area (Å²) in [5.41, 5.74) is 0.757. The molecule has 1 aromatic carbocycles. The number of benzene rings is 1. The Morgan fingerprint density at radius 1 is 1.31 bits per heavy atom. The van der Waals surface area contributed by atoms with Crippen LogP contribution >= 0.6 is 0 Å². The first-order valence-electron chi connectivity index (χ1n) is 5.64. The SMILES string of the molecule is COC(C)C(C)NCCc1ccccc1F. The Morgan fingerprint density at radius 3 is 2.62 bits per heavy atom. The van der Waals surface area contributed by atoms with Gasteiger partial charge in [0.2, 0.25) is 0 Å². The maximum Gasteiger partial charge on any atom is 0.126 e. The average Bonchev–Trinajstić information content (AvgIpc) is 2.30. The van der Waals surface area contributed by atoms with Gasteiger partial charge in [0.25, 0.3) is 0 Å². The van der Waals surface area contributed by atoms with Crippen LogP contribution in [0.5, 0.6) is 0 Å². The van der Waals surface area contributed by atoms with Crippen molar-refractivity contribution in [3.63, 3.8) is 0 Å². The first-order chi connectivity index (χ1) is 7.65. The fraction of sp³-hybridized carbons (Fsp3) is 0.538. The molecule has 0 bridgehead atoms. The molecule has 16 heavy (non-hydrogen) atoms. The lowest BCUT2D eigenvalue weighted by Gasteiger charge is -2.19. The Labute approximate surface area is 96.8 Å². The molecule has 0 aliphatic heterocycles. The lowest BCUT2D eigenvalue weighted by atomic mass is 10.1. The van der Waals surface area contributed by atoms with Gasteiger partial charge in [0.15, 0.2) is 0 Å². The predicted molar refractivity (Wildman–Crippen MR) is 64.0 cm³/mol. The summed E-state index contributed by atoms with van der Waals surface area (Å²) in [5.74, 6) is -0.128. The number of hydrogen-bond donors (Lipinski definition) is 1. The Hall–Kier alpha value is -0.930. The Balaban J connectivity index is 2.33. The van der Waals surface area contributed by atoms with Gasteiger partial charge in [-0.3, -0.25) is 0 Å². The molecule has 0 saturated heterocycles. The molecule has 1 rings (SSSR count). The molecule has 1 N–H and O–H groups in total. The van der Waals surface area contributed by atoms with E-state index >= 15 is 0 Å². The van der Waals surface area contributed by atoms with E-state index in [0.717, 1.165) is 12.1 Å². The van der Waals surface area contributed by atoms with Crippen LogP contribution in [-0.2, 0) is 11.2 Å². The standard InChI is InChI=1S/C13H20FNO/c1-10(11(2)16-3)15-9-8-12-6-4-5-7-13(12)14/h4-7,10-11,15H,8-9H2,1-3H3. The molecular formula is C13H20FNO. The van der Waals surface area contributed by atoms with Crippen molar-refractivity contribution in [2.45, 2.75) is 32.4 Å². The fourth-order valence-corrected chi connectivity index (χ4v) is 1.51. The van der Waals surface area contributed by atoms with Crippen LogP contribution in [0.2, 0.25) is 0 Å². The fourth-order valence-electron chi connectivity index (χ4n) is 1.51. The summed E-state index contributed by atoms with van der Waals surface area (Å²) in [6.45, 7) is 4.84. The van der Waals surface area contributed by atoms with Crippen LogP contribution in [0.3, 0.4) is 0 Å². The van der Waals surface area contributed by atoms with E-state index in [0.29, 0.717) is 6.42 Å². The van der Waals surface area contributed by atoms with E-state index in [1.165, 1.54) is 6.07 Å². The lowest BCUT2D eigenvalue weighted by Crippen LogP contribution is -2.37. The maximum atomic E-state index is 13.3. The van der Waals surface area contributed by atoms with Crippen LogP contribution in [-0.4, -0.2) is 25.8 Å². The molecule has 0 spiro atoms. The van der Waals surface area contributed by atoms with Crippen molar-refractivity contribution < 1.29 is 9.13 Å². The molecule has 0 aromatic heterocycles. The van der Waals surface area contributed by atoms with E-state index in [2.05, 4.69) is 12.2 Å². The second kappa shape index (κ2) is 6.61. The highest BCUT2D eigenvalue weighted by atomic mass is 19.1. The number of halogens is 1. The highest BCUT2D eigenvalue weighted by Gasteiger charge is 2.09. The second-order valence-electron chi connectivity index (χ2n) is 4.03. The predicted octanol–water partition coefficient (Wildman–Crippen LogP) is 2.38. The third kappa shape index (κ3) is 3.91. The van der Waals surface area contributed by atoms with E-state index < -0.39 is 0 Å². The van der Waals surface area contributed by atoms with Crippen LogP contribution in [0.1, 0.15) is 19.4 Å². The van der Waals surface area contributed by atoms with E-state index in [1.807, 2.05) is 19.1 Å². The van der Waals surface area contributed by atoms with Gasteiger partial charge in [-0.2, -0.15) is 0 Å². The van der Waals surface area contributed by atoms with Gasteiger partial charge < -0.3 is 10.1 Å². The normalized spacial score (nSPS) is 14.8. The summed E-state index contributed by atoms with van der Waals surface area (Å²) in [5, 5.41) is 3.32. The summed E-state index contributed by atoms with van der Waals surface area (Å²) in [6.07, 6.45) is 0.869. The first-order valence-corrected chi connectivity index (χ1v) is 5.64. The molecule has 3 heteroatoms. The minimum Gasteiger partial charge on any atom is -0.380 e. The summed E-state index contributed by atoms with van der Waals surface area (Å²) in [7, 11) is 1.69. The van der Waals surface area contributed by atoms with Gasteiger partial charge in [0.1, 0.15) is 5.82 Å². The van der Waals surface area contributed by atoms with Gasteiger partial charge >= 0.3 is 0 Å². The zero-order chi connectivity index (χ0) is 12.0. The van der Waals surface area contributed by atoms with Gasteiger partial charge in [0.05, 0.1) is 6.10 Å². The average molecular weight is 225 g/mol.